The first-order valence-corrected chi connectivity index (χ1v) is 10.9. The van der Waals surface area contributed by atoms with Crippen LogP contribution in [-0.2, 0) is 16.0 Å². The monoisotopic (exact) mass is 470 g/mol. The van der Waals surface area contributed by atoms with Gasteiger partial charge in [0, 0.05) is 25.3 Å². The lowest BCUT2D eigenvalue weighted by molar-refractivity contribution is 0.166. The number of carbonyl (C=O) groups is 2. The third-order valence-corrected chi connectivity index (χ3v) is 4.56. The SMILES string of the molecule is C=C(/C=C/CN)CN(Cc1ccc(F)cc1)c1ccc(NC(=O)OCC)c(NC(=O)OCC)c1. The molecule has 0 radical (unpaired) electrons. The number of anilines is 3. The first-order chi connectivity index (χ1) is 16.4. The van der Waals surface area contributed by atoms with E-state index in [2.05, 4.69) is 17.2 Å². The highest BCUT2D eigenvalue weighted by molar-refractivity contribution is 5.96. The topological polar surface area (TPSA) is 106 Å². The van der Waals surface area contributed by atoms with Crippen LogP contribution >= 0.6 is 0 Å². The minimum atomic E-state index is -0.660. The van der Waals surface area contributed by atoms with Crippen molar-refractivity contribution in [1.29, 1.82) is 0 Å². The van der Waals surface area contributed by atoms with Gasteiger partial charge in [0.25, 0.3) is 0 Å². The molecule has 2 aromatic carbocycles. The molecule has 0 unspecified atom stereocenters. The lowest BCUT2D eigenvalue weighted by atomic mass is 10.1. The van der Waals surface area contributed by atoms with E-state index in [1.165, 1.54) is 12.1 Å². The highest BCUT2D eigenvalue weighted by Gasteiger charge is 2.15. The number of nitrogens with zero attached hydrogens (tertiary/aromatic N) is 1. The summed E-state index contributed by atoms with van der Waals surface area (Å²) in [5.41, 5.74) is 8.64. The summed E-state index contributed by atoms with van der Waals surface area (Å²) in [6.07, 6.45) is 2.34. The molecule has 34 heavy (non-hydrogen) atoms. The van der Waals surface area contributed by atoms with Crippen molar-refractivity contribution >= 4 is 29.2 Å². The number of amides is 2. The van der Waals surface area contributed by atoms with Crippen LogP contribution in [0.4, 0.5) is 31.0 Å². The highest BCUT2D eigenvalue weighted by atomic mass is 19.1. The minimum Gasteiger partial charge on any atom is -0.450 e. The molecule has 0 aliphatic heterocycles. The van der Waals surface area contributed by atoms with E-state index in [9.17, 15) is 14.0 Å². The van der Waals surface area contributed by atoms with Gasteiger partial charge in [-0.3, -0.25) is 10.6 Å². The molecule has 0 aliphatic rings. The van der Waals surface area contributed by atoms with E-state index in [0.717, 1.165) is 16.8 Å². The summed E-state index contributed by atoms with van der Waals surface area (Å²) < 4.78 is 23.3. The Morgan fingerprint density at radius 3 is 2.24 bits per heavy atom. The number of halogens is 1. The second-order valence-corrected chi connectivity index (χ2v) is 7.20. The normalized spacial score (nSPS) is 10.6. The van der Waals surface area contributed by atoms with Gasteiger partial charge in [0.05, 0.1) is 24.6 Å². The van der Waals surface area contributed by atoms with Gasteiger partial charge in [-0.1, -0.05) is 30.9 Å². The molecule has 0 spiro atoms. The van der Waals surface area contributed by atoms with Crippen LogP contribution in [-0.4, -0.2) is 38.5 Å². The third-order valence-electron chi connectivity index (χ3n) is 4.56. The summed E-state index contributed by atoms with van der Waals surface area (Å²) in [4.78, 5) is 26.1. The number of nitrogens with one attached hydrogen (secondary N) is 2. The Bertz CT molecular complexity index is 1010. The molecule has 0 aromatic heterocycles. The van der Waals surface area contributed by atoms with E-state index >= 15 is 0 Å². The molecule has 0 heterocycles. The lowest BCUT2D eigenvalue weighted by Crippen LogP contribution is -2.25. The number of rotatable bonds is 11. The Balaban J connectivity index is 2.41. The fourth-order valence-electron chi connectivity index (χ4n) is 3.08. The summed E-state index contributed by atoms with van der Waals surface area (Å²) in [5, 5.41) is 5.27. The third kappa shape index (κ3) is 8.59. The standard InChI is InChI=1S/C25H31FN4O4/c1-4-33-24(31)28-22-13-12-21(15-23(22)29-25(32)34-5-2)30(16-18(3)7-6-14-27)17-19-8-10-20(26)11-9-19/h6-13,15H,3-5,14,16-17,27H2,1-2H3,(H,28,31)(H,29,32)/b7-6+. The van der Waals surface area contributed by atoms with Gasteiger partial charge in [-0.2, -0.15) is 0 Å². The lowest BCUT2D eigenvalue weighted by Gasteiger charge is -2.27. The Hall–Kier alpha value is -3.85. The van der Waals surface area contributed by atoms with E-state index in [1.807, 2.05) is 11.0 Å². The maximum absolute atomic E-state index is 13.4. The number of hydrogen-bond donors (Lipinski definition) is 3. The van der Waals surface area contributed by atoms with Crippen molar-refractivity contribution in [2.24, 2.45) is 5.73 Å². The fraction of sp³-hybridized carbons (Fsp3) is 0.280. The van der Waals surface area contributed by atoms with Gasteiger partial charge in [0.1, 0.15) is 5.82 Å². The summed E-state index contributed by atoms with van der Waals surface area (Å²) >= 11 is 0. The molecule has 0 atom stereocenters. The molecular formula is C25H31FN4O4. The van der Waals surface area contributed by atoms with Crippen LogP contribution in [0, 0.1) is 5.82 Å². The van der Waals surface area contributed by atoms with Crippen LogP contribution in [0.3, 0.4) is 0 Å². The van der Waals surface area contributed by atoms with Crippen LogP contribution in [0.15, 0.2) is 66.8 Å². The Morgan fingerprint density at radius 1 is 1.03 bits per heavy atom. The van der Waals surface area contributed by atoms with Crippen molar-refractivity contribution in [3.63, 3.8) is 0 Å². The first kappa shape index (κ1) is 26.4. The predicted molar refractivity (Wildman–Crippen MR) is 133 cm³/mol. The first-order valence-electron chi connectivity index (χ1n) is 10.9. The van der Waals surface area contributed by atoms with Gasteiger partial charge >= 0.3 is 12.2 Å². The van der Waals surface area contributed by atoms with Crippen LogP contribution in [0.25, 0.3) is 0 Å². The van der Waals surface area contributed by atoms with Crippen molar-refractivity contribution in [3.05, 3.63) is 78.1 Å². The number of hydrogen-bond acceptors (Lipinski definition) is 6. The van der Waals surface area contributed by atoms with Crippen LogP contribution in [0.2, 0.25) is 0 Å². The maximum Gasteiger partial charge on any atom is 0.411 e. The summed E-state index contributed by atoms with van der Waals surface area (Å²) in [6, 6.07) is 11.4. The molecule has 0 fully saturated rings. The van der Waals surface area contributed by atoms with E-state index in [-0.39, 0.29) is 19.0 Å². The van der Waals surface area contributed by atoms with Crippen molar-refractivity contribution in [2.45, 2.75) is 20.4 Å². The maximum atomic E-state index is 13.4. The summed E-state index contributed by atoms with van der Waals surface area (Å²) in [7, 11) is 0. The molecule has 2 amide bonds. The molecule has 0 bridgehead atoms. The van der Waals surface area contributed by atoms with E-state index in [0.29, 0.717) is 31.0 Å². The van der Waals surface area contributed by atoms with Gasteiger partial charge in [-0.25, -0.2) is 14.0 Å². The minimum absolute atomic E-state index is 0.191. The molecular weight excluding hydrogens is 439 g/mol. The van der Waals surface area contributed by atoms with Crippen molar-refractivity contribution in [3.8, 4) is 0 Å². The van der Waals surface area contributed by atoms with Crippen LogP contribution in [0.5, 0.6) is 0 Å². The average molecular weight is 471 g/mol. The zero-order valence-electron chi connectivity index (χ0n) is 19.5. The number of carbonyl (C=O) groups excluding carboxylic acids is 2. The smallest absolute Gasteiger partial charge is 0.411 e. The Kier molecular flexibility index (Phi) is 10.6. The molecule has 182 valence electrons. The zero-order chi connectivity index (χ0) is 24.9. The predicted octanol–water partition coefficient (Wildman–Crippen LogP) is 5.04. The number of benzene rings is 2. The molecule has 0 aliphatic carbocycles. The van der Waals surface area contributed by atoms with Crippen molar-refractivity contribution < 1.29 is 23.5 Å². The van der Waals surface area contributed by atoms with Gasteiger partial charge in [-0.15, -0.1) is 0 Å². The second-order valence-electron chi connectivity index (χ2n) is 7.20. The molecule has 0 saturated carbocycles. The molecule has 2 rings (SSSR count). The van der Waals surface area contributed by atoms with E-state index in [4.69, 9.17) is 15.2 Å². The Labute approximate surface area is 199 Å². The van der Waals surface area contributed by atoms with E-state index < -0.39 is 12.2 Å². The zero-order valence-corrected chi connectivity index (χ0v) is 19.5. The van der Waals surface area contributed by atoms with E-state index in [1.54, 1.807) is 50.3 Å². The highest BCUT2D eigenvalue weighted by Crippen LogP contribution is 2.30. The van der Waals surface area contributed by atoms with Gasteiger partial charge in [0.15, 0.2) is 0 Å². The summed E-state index contributed by atoms with van der Waals surface area (Å²) in [6.45, 7) is 9.13. The van der Waals surface area contributed by atoms with Crippen LogP contribution < -0.4 is 21.3 Å². The van der Waals surface area contributed by atoms with Gasteiger partial charge < -0.3 is 20.1 Å². The van der Waals surface area contributed by atoms with Gasteiger partial charge in [-0.05, 0) is 55.3 Å². The summed E-state index contributed by atoms with van der Waals surface area (Å²) in [5.74, 6) is -0.319. The molecule has 4 N–H and O–H groups in total. The molecule has 9 heteroatoms. The molecule has 8 nitrogen and oxygen atoms in total. The second kappa shape index (κ2) is 13.6. The van der Waals surface area contributed by atoms with Crippen LogP contribution in [0.1, 0.15) is 19.4 Å². The van der Waals surface area contributed by atoms with Crippen molar-refractivity contribution in [2.75, 3.05) is 41.8 Å². The van der Waals surface area contributed by atoms with Gasteiger partial charge in [0.2, 0.25) is 0 Å². The Morgan fingerprint density at radius 2 is 1.65 bits per heavy atom. The largest absolute Gasteiger partial charge is 0.450 e. The fourth-order valence-corrected chi connectivity index (χ4v) is 3.08. The molecule has 2 aromatic rings. The number of ether oxygens (including phenoxy) is 2. The van der Waals surface area contributed by atoms with Crippen molar-refractivity contribution in [1.82, 2.24) is 0 Å². The molecule has 0 saturated heterocycles. The number of nitrogens with two attached hydrogens (primary N) is 1. The quantitative estimate of drug-likeness (QED) is 0.397. The average Bonchev–Trinajstić information content (AvgIpc) is 2.80.